The molecule has 118 valence electrons. The van der Waals surface area contributed by atoms with Gasteiger partial charge in [0.1, 0.15) is 0 Å². The Kier molecular flexibility index (Phi) is 4.87. The van der Waals surface area contributed by atoms with E-state index in [0.717, 1.165) is 32.7 Å². The van der Waals surface area contributed by atoms with Gasteiger partial charge in [-0.15, -0.1) is 0 Å². The molecule has 1 N–H and O–H groups in total. The van der Waals surface area contributed by atoms with Crippen LogP contribution in [0.2, 0.25) is 0 Å². The number of piperazine rings is 1. The van der Waals surface area contributed by atoms with E-state index in [1.54, 1.807) is 0 Å². The first-order chi connectivity index (χ1) is 10.7. The summed E-state index contributed by atoms with van der Waals surface area (Å²) in [6.45, 7) is 4.97. The number of nitrogens with zero attached hydrogens (tertiary/aromatic N) is 4. The van der Waals surface area contributed by atoms with E-state index in [1.807, 2.05) is 23.1 Å². The molecule has 0 spiro atoms. The highest BCUT2D eigenvalue weighted by atomic mass is 16.3. The molecule has 1 saturated heterocycles. The van der Waals surface area contributed by atoms with Crippen LogP contribution in [0.5, 0.6) is 0 Å². The van der Waals surface area contributed by atoms with Gasteiger partial charge in [0.25, 0.3) is 0 Å². The predicted octanol–water partition coefficient (Wildman–Crippen LogP) is 1.04. The number of likely N-dealkylation sites (N-methyl/N-ethyl adjacent to an activating group) is 1. The largest absolute Gasteiger partial charge is 0.395 e. The highest BCUT2D eigenvalue weighted by Crippen LogP contribution is 2.13. The van der Waals surface area contributed by atoms with Crippen molar-refractivity contribution >= 4 is 0 Å². The molecule has 2 heterocycles. The van der Waals surface area contributed by atoms with Gasteiger partial charge in [-0.2, -0.15) is 5.10 Å². The van der Waals surface area contributed by atoms with Crippen LogP contribution in [0, 0.1) is 0 Å². The molecule has 1 aliphatic rings. The average molecular weight is 300 g/mol. The lowest BCUT2D eigenvalue weighted by molar-refractivity contribution is 0.0540. The summed E-state index contributed by atoms with van der Waals surface area (Å²) >= 11 is 0. The third-order valence-corrected chi connectivity index (χ3v) is 4.37. The van der Waals surface area contributed by atoms with Gasteiger partial charge in [0.05, 0.1) is 13.2 Å². The van der Waals surface area contributed by atoms with Crippen LogP contribution in [0.3, 0.4) is 0 Å². The third kappa shape index (κ3) is 3.74. The van der Waals surface area contributed by atoms with Crippen LogP contribution in [-0.2, 0) is 13.1 Å². The standard InChI is InChI=1S/C17H24N4O/c1-19-8-9-20(13-17(19)14-22)11-15-4-2-5-16(10-15)12-21-7-3-6-18-21/h2-7,10,17,22H,8-9,11-14H2,1H3/t17-/m0/s1. The van der Waals surface area contributed by atoms with Gasteiger partial charge in [-0.05, 0) is 24.2 Å². The van der Waals surface area contributed by atoms with Gasteiger partial charge in [-0.25, -0.2) is 0 Å². The molecule has 1 fully saturated rings. The quantitative estimate of drug-likeness (QED) is 0.896. The molecule has 0 amide bonds. The Labute approximate surface area is 131 Å². The minimum Gasteiger partial charge on any atom is -0.395 e. The lowest BCUT2D eigenvalue weighted by Gasteiger charge is -2.38. The summed E-state index contributed by atoms with van der Waals surface area (Å²) in [6, 6.07) is 10.9. The van der Waals surface area contributed by atoms with E-state index in [-0.39, 0.29) is 12.6 Å². The smallest absolute Gasteiger partial charge is 0.0659 e. The van der Waals surface area contributed by atoms with E-state index < -0.39 is 0 Å². The highest BCUT2D eigenvalue weighted by molar-refractivity contribution is 5.23. The molecule has 0 unspecified atom stereocenters. The van der Waals surface area contributed by atoms with Gasteiger partial charge in [0.15, 0.2) is 0 Å². The van der Waals surface area contributed by atoms with E-state index in [2.05, 4.69) is 46.2 Å². The molecule has 0 saturated carbocycles. The number of benzene rings is 1. The van der Waals surface area contributed by atoms with Crippen molar-refractivity contribution < 1.29 is 5.11 Å². The molecule has 0 bridgehead atoms. The second-order valence-electron chi connectivity index (χ2n) is 6.08. The predicted molar refractivity (Wildman–Crippen MR) is 86.6 cm³/mol. The molecule has 0 aliphatic carbocycles. The monoisotopic (exact) mass is 300 g/mol. The minimum atomic E-state index is 0.229. The van der Waals surface area contributed by atoms with E-state index >= 15 is 0 Å². The normalized spacial score (nSPS) is 20.4. The number of rotatable bonds is 5. The number of hydrogen-bond acceptors (Lipinski definition) is 4. The lowest BCUT2D eigenvalue weighted by Crippen LogP contribution is -2.52. The van der Waals surface area contributed by atoms with Gasteiger partial charge in [-0.1, -0.05) is 24.3 Å². The topological polar surface area (TPSA) is 44.5 Å². The van der Waals surface area contributed by atoms with Crippen LogP contribution in [-0.4, -0.2) is 64.0 Å². The molecule has 22 heavy (non-hydrogen) atoms. The Bertz CT molecular complexity index is 584. The second-order valence-corrected chi connectivity index (χ2v) is 6.08. The maximum atomic E-state index is 9.46. The van der Waals surface area contributed by atoms with Crippen molar-refractivity contribution in [1.29, 1.82) is 0 Å². The number of aromatic nitrogens is 2. The van der Waals surface area contributed by atoms with E-state index in [0.29, 0.717) is 0 Å². The first kappa shape index (κ1) is 15.2. The van der Waals surface area contributed by atoms with Gasteiger partial charge in [0.2, 0.25) is 0 Å². The first-order valence-corrected chi connectivity index (χ1v) is 7.83. The Morgan fingerprint density at radius 2 is 2.00 bits per heavy atom. The molecule has 1 aromatic heterocycles. The Morgan fingerprint density at radius 1 is 1.18 bits per heavy atom. The van der Waals surface area contributed by atoms with Crippen LogP contribution in [0.1, 0.15) is 11.1 Å². The Morgan fingerprint density at radius 3 is 2.73 bits per heavy atom. The van der Waals surface area contributed by atoms with Gasteiger partial charge in [0, 0.05) is 44.6 Å². The average Bonchev–Trinajstić information content (AvgIpc) is 3.02. The van der Waals surface area contributed by atoms with E-state index in [9.17, 15) is 5.11 Å². The van der Waals surface area contributed by atoms with Crippen LogP contribution < -0.4 is 0 Å². The maximum Gasteiger partial charge on any atom is 0.0659 e. The number of hydrogen-bond donors (Lipinski definition) is 1. The Hall–Kier alpha value is -1.69. The summed E-state index contributed by atoms with van der Waals surface area (Å²) < 4.78 is 1.94. The maximum absolute atomic E-state index is 9.46. The summed E-state index contributed by atoms with van der Waals surface area (Å²) in [5.74, 6) is 0. The van der Waals surface area contributed by atoms with Crippen molar-refractivity contribution in [3.8, 4) is 0 Å². The molecule has 1 aliphatic heterocycles. The van der Waals surface area contributed by atoms with Gasteiger partial charge < -0.3 is 5.11 Å². The van der Waals surface area contributed by atoms with Crippen molar-refractivity contribution in [1.82, 2.24) is 19.6 Å². The second kappa shape index (κ2) is 7.05. The van der Waals surface area contributed by atoms with Crippen molar-refractivity contribution in [2.24, 2.45) is 0 Å². The zero-order valence-electron chi connectivity index (χ0n) is 13.1. The van der Waals surface area contributed by atoms with Crippen molar-refractivity contribution in [2.75, 3.05) is 33.3 Å². The molecular formula is C17H24N4O. The van der Waals surface area contributed by atoms with Crippen molar-refractivity contribution in [3.63, 3.8) is 0 Å². The molecule has 2 aromatic rings. The third-order valence-electron chi connectivity index (χ3n) is 4.37. The minimum absolute atomic E-state index is 0.229. The molecular weight excluding hydrogens is 276 g/mol. The van der Waals surface area contributed by atoms with E-state index in [1.165, 1.54) is 11.1 Å². The molecule has 1 atom stereocenters. The summed E-state index contributed by atoms with van der Waals surface area (Å²) in [5, 5.41) is 13.7. The van der Waals surface area contributed by atoms with Crippen LogP contribution in [0.4, 0.5) is 0 Å². The summed E-state index contributed by atoms with van der Waals surface area (Å²) in [5.41, 5.74) is 2.60. The molecule has 1 aromatic carbocycles. The molecule has 3 rings (SSSR count). The first-order valence-electron chi connectivity index (χ1n) is 7.83. The van der Waals surface area contributed by atoms with Crippen LogP contribution in [0.25, 0.3) is 0 Å². The number of aliphatic hydroxyl groups is 1. The molecule has 5 nitrogen and oxygen atoms in total. The fourth-order valence-electron chi connectivity index (χ4n) is 3.02. The lowest BCUT2D eigenvalue weighted by atomic mass is 10.1. The van der Waals surface area contributed by atoms with Crippen LogP contribution in [0.15, 0.2) is 42.7 Å². The Balaban J connectivity index is 1.63. The highest BCUT2D eigenvalue weighted by Gasteiger charge is 2.23. The van der Waals surface area contributed by atoms with E-state index in [4.69, 9.17) is 0 Å². The SMILES string of the molecule is CN1CCN(Cc2cccc(Cn3cccn3)c2)C[C@H]1CO. The summed E-state index contributed by atoms with van der Waals surface area (Å²) in [7, 11) is 2.09. The fraction of sp³-hybridized carbons (Fsp3) is 0.471. The fourth-order valence-corrected chi connectivity index (χ4v) is 3.02. The van der Waals surface area contributed by atoms with Crippen molar-refractivity contribution in [3.05, 3.63) is 53.9 Å². The molecule has 5 heteroatoms. The zero-order chi connectivity index (χ0) is 15.4. The molecule has 0 radical (unpaired) electrons. The van der Waals surface area contributed by atoms with Gasteiger partial charge >= 0.3 is 0 Å². The summed E-state index contributed by atoms with van der Waals surface area (Å²) in [6.07, 6.45) is 3.79. The van der Waals surface area contributed by atoms with Crippen molar-refractivity contribution in [2.45, 2.75) is 19.1 Å². The zero-order valence-corrected chi connectivity index (χ0v) is 13.1. The van der Waals surface area contributed by atoms with Crippen LogP contribution >= 0.6 is 0 Å². The number of aliphatic hydroxyl groups excluding tert-OH is 1. The summed E-state index contributed by atoms with van der Waals surface area (Å²) in [4.78, 5) is 4.67. The van der Waals surface area contributed by atoms with Gasteiger partial charge in [-0.3, -0.25) is 14.5 Å².